The van der Waals surface area contributed by atoms with Crippen molar-refractivity contribution in [2.75, 3.05) is 13.2 Å². The lowest BCUT2D eigenvalue weighted by atomic mass is 10.3. The number of carbonyl (C=O) groups is 2. The predicted molar refractivity (Wildman–Crippen MR) is 53.0 cm³/mol. The van der Waals surface area contributed by atoms with Crippen LogP contribution in [0.15, 0.2) is 12.2 Å². The summed E-state index contributed by atoms with van der Waals surface area (Å²) in [6.07, 6.45) is -1.37. The molecule has 0 aliphatic carbocycles. The third kappa shape index (κ3) is 5.78. The first-order valence-corrected chi connectivity index (χ1v) is 4.51. The Balaban J connectivity index is 4.02. The topological polar surface area (TPSA) is 96.6 Å². The lowest BCUT2D eigenvalue weighted by Crippen LogP contribution is -2.28. The lowest BCUT2D eigenvalue weighted by Gasteiger charge is -2.14. The summed E-state index contributed by atoms with van der Waals surface area (Å²) >= 11 is 0. The van der Waals surface area contributed by atoms with E-state index in [4.69, 9.17) is 10.4 Å². The molecule has 0 aromatic heterocycles. The maximum Gasteiger partial charge on any atom is 0.333 e. The number of ether oxygens (including phenoxy) is 2. The van der Waals surface area contributed by atoms with E-state index in [0.29, 0.717) is 0 Å². The number of carbonyl (C=O) groups excluding carboxylic acids is 2. The Bertz CT molecular complexity index is 318. The van der Waals surface area contributed by atoms with Crippen LogP contribution in [-0.4, -0.2) is 36.4 Å². The minimum atomic E-state index is -0.954. The Morgan fingerprint density at radius 3 is 2.62 bits per heavy atom. The number of hydrogen-bond acceptors (Lipinski definition) is 6. The van der Waals surface area contributed by atoms with Crippen molar-refractivity contribution in [3.8, 4) is 6.07 Å². The summed E-state index contributed by atoms with van der Waals surface area (Å²) in [5.74, 6) is -1.40. The highest BCUT2D eigenvalue weighted by molar-refractivity contribution is 5.86. The van der Waals surface area contributed by atoms with Crippen molar-refractivity contribution in [1.29, 1.82) is 5.26 Å². The molecule has 88 valence electrons. The molecule has 0 heterocycles. The van der Waals surface area contributed by atoms with E-state index in [9.17, 15) is 9.59 Å². The summed E-state index contributed by atoms with van der Waals surface area (Å²) in [5, 5.41) is 17.0. The third-order valence-corrected chi connectivity index (χ3v) is 1.47. The monoisotopic (exact) mass is 227 g/mol. The van der Waals surface area contributed by atoms with E-state index in [-0.39, 0.29) is 12.2 Å². The minimum absolute atomic E-state index is 0.208. The Kier molecular flexibility index (Phi) is 6.56. The molecule has 0 rings (SSSR count). The third-order valence-electron chi connectivity index (χ3n) is 1.47. The Labute approximate surface area is 93.1 Å². The number of aliphatic hydroxyl groups is 1. The van der Waals surface area contributed by atoms with Gasteiger partial charge in [-0.25, -0.2) is 4.79 Å². The molecule has 0 saturated carbocycles. The van der Waals surface area contributed by atoms with Gasteiger partial charge in [-0.05, 0) is 6.92 Å². The average Bonchev–Trinajstić information content (AvgIpc) is 2.23. The van der Waals surface area contributed by atoms with Gasteiger partial charge in [-0.15, -0.1) is 0 Å². The molecular formula is C10H13NO5. The molecule has 0 aliphatic rings. The van der Waals surface area contributed by atoms with Crippen molar-refractivity contribution in [3.05, 3.63) is 12.2 Å². The Hall–Kier alpha value is -1.87. The van der Waals surface area contributed by atoms with E-state index in [1.54, 1.807) is 6.07 Å². The van der Waals surface area contributed by atoms with Crippen molar-refractivity contribution >= 4 is 11.9 Å². The molecule has 0 radical (unpaired) electrons. The second kappa shape index (κ2) is 7.43. The normalized spacial score (nSPS) is 11.1. The summed E-state index contributed by atoms with van der Waals surface area (Å²) in [7, 11) is 0. The number of nitrogens with zero attached hydrogens (tertiary/aromatic N) is 1. The van der Waals surface area contributed by atoms with Gasteiger partial charge in [0.15, 0.2) is 6.10 Å². The van der Waals surface area contributed by atoms with Gasteiger partial charge >= 0.3 is 11.9 Å². The Morgan fingerprint density at radius 1 is 1.56 bits per heavy atom. The van der Waals surface area contributed by atoms with E-state index in [1.165, 1.54) is 6.92 Å². The fourth-order valence-corrected chi connectivity index (χ4v) is 0.708. The van der Waals surface area contributed by atoms with Crippen LogP contribution in [-0.2, 0) is 19.1 Å². The van der Waals surface area contributed by atoms with Gasteiger partial charge in [0, 0.05) is 5.57 Å². The Morgan fingerprint density at radius 2 is 2.19 bits per heavy atom. The van der Waals surface area contributed by atoms with Gasteiger partial charge in [-0.2, -0.15) is 5.26 Å². The molecule has 1 unspecified atom stereocenters. The molecule has 0 fully saturated rings. The van der Waals surface area contributed by atoms with Crippen LogP contribution in [0.25, 0.3) is 0 Å². The summed E-state index contributed by atoms with van der Waals surface area (Å²) in [5.41, 5.74) is 0.208. The van der Waals surface area contributed by atoms with E-state index in [0.717, 1.165) is 0 Å². The van der Waals surface area contributed by atoms with E-state index < -0.39 is 31.1 Å². The zero-order valence-electron chi connectivity index (χ0n) is 8.93. The highest BCUT2D eigenvalue weighted by Gasteiger charge is 2.15. The predicted octanol–water partition coefficient (Wildman–Crippen LogP) is -0.0765. The zero-order chi connectivity index (χ0) is 12.6. The van der Waals surface area contributed by atoms with Crippen LogP contribution in [0.1, 0.15) is 13.3 Å². The molecular weight excluding hydrogens is 214 g/mol. The molecule has 16 heavy (non-hydrogen) atoms. The summed E-state index contributed by atoms with van der Waals surface area (Å²) in [4.78, 5) is 21.9. The van der Waals surface area contributed by atoms with Crippen LogP contribution < -0.4 is 0 Å². The molecule has 1 atom stereocenters. The molecule has 6 heteroatoms. The van der Waals surface area contributed by atoms with Crippen molar-refractivity contribution in [2.24, 2.45) is 0 Å². The van der Waals surface area contributed by atoms with Crippen LogP contribution in [0, 0.1) is 11.3 Å². The van der Waals surface area contributed by atoms with Crippen LogP contribution in [0.2, 0.25) is 0 Å². The summed E-state index contributed by atoms with van der Waals surface area (Å²) in [6.45, 7) is 4.08. The molecule has 6 nitrogen and oxygen atoms in total. The number of esters is 2. The molecule has 0 saturated heterocycles. The molecule has 0 aromatic rings. The highest BCUT2D eigenvalue weighted by atomic mass is 16.6. The van der Waals surface area contributed by atoms with Gasteiger partial charge in [0.25, 0.3) is 0 Å². The first-order chi connectivity index (χ1) is 7.51. The summed E-state index contributed by atoms with van der Waals surface area (Å²) in [6, 6.07) is 1.60. The van der Waals surface area contributed by atoms with Gasteiger partial charge in [-0.1, -0.05) is 6.58 Å². The second-order valence-corrected chi connectivity index (χ2v) is 3.01. The molecule has 0 spiro atoms. The van der Waals surface area contributed by atoms with Crippen molar-refractivity contribution in [2.45, 2.75) is 19.4 Å². The largest absolute Gasteiger partial charge is 0.458 e. The van der Waals surface area contributed by atoms with Crippen LogP contribution in [0.4, 0.5) is 0 Å². The molecule has 0 amide bonds. The van der Waals surface area contributed by atoms with Crippen molar-refractivity contribution in [1.82, 2.24) is 0 Å². The van der Waals surface area contributed by atoms with E-state index >= 15 is 0 Å². The lowest BCUT2D eigenvalue weighted by molar-refractivity contribution is -0.158. The number of nitriles is 1. The van der Waals surface area contributed by atoms with Crippen molar-refractivity contribution < 1.29 is 24.2 Å². The SMILES string of the molecule is C=C(C)C(=O)OCC(CO)OC(=O)CC#N. The zero-order valence-corrected chi connectivity index (χ0v) is 8.93. The first-order valence-electron chi connectivity index (χ1n) is 4.51. The molecule has 0 bridgehead atoms. The highest BCUT2D eigenvalue weighted by Crippen LogP contribution is 1.99. The van der Waals surface area contributed by atoms with Gasteiger partial charge < -0.3 is 14.6 Å². The van der Waals surface area contributed by atoms with Gasteiger partial charge in [0.05, 0.1) is 12.7 Å². The maximum absolute atomic E-state index is 11.0. The fourth-order valence-electron chi connectivity index (χ4n) is 0.708. The number of hydrogen-bond donors (Lipinski definition) is 1. The molecule has 0 aliphatic heterocycles. The van der Waals surface area contributed by atoms with Crippen LogP contribution in [0.5, 0.6) is 0 Å². The summed E-state index contributed by atoms with van der Waals surface area (Å²) < 4.78 is 9.33. The minimum Gasteiger partial charge on any atom is -0.458 e. The van der Waals surface area contributed by atoms with Crippen LogP contribution in [0.3, 0.4) is 0 Å². The fraction of sp³-hybridized carbons (Fsp3) is 0.500. The second-order valence-electron chi connectivity index (χ2n) is 3.01. The van der Waals surface area contributed by atoms with Gasteiger partial charge in [0.1, 0.15) is 13.0 Å². The first kappa shape index (κ1) is 14.1. The number of aliphatic hydroxyl groups excluding tert-OH is 1. The van der Waals surface area contributed by atoms with Crippen LogP contribution >= 0.6 is 0 Å². The van der Waals surface area contributed by atoms with E-state index in [2.05, 4.69) is 16.1 Å². The van der Waals surface area contributed by atoms with E-state index in [1.807, 2.05) is 0 Å². The maximum atomic E-state index is 11.0. The average molecular weight is 227 g/mol. The smallest absolute Gasteiger partial charge is 0.333 e. The molecule has 0 aromatic carbocycles. The van der Waals surface area contributed by atoms with Gasteiger partial charge in [-0.3, -0.25) is 4.79 Å². The standard InChI is InChI=1S/C10H13NO5/c1-7(2)10(14)15-6-8(5-12)16-9(13)3-4-11/h8,12H,1,3,5-6H2,2H3. The number of rotatable bonds is 6. The molecule has 1 N–H and O–H groups in total. The quantitative estimate of drug-likeness (QED) is 0.503. The van der Waals surface area contributed by atoms with Gasteiger partial charge in [0.2, 0.25) is 0 Å². The van der Waals surface area contributed by atoms with Crippen molar-refractivity contribution in [3.63, 3.8) is 0 Å².